The van der Waals surface area contributed by atoms with Crippen molar-refractivity contribution >= 4 is 18.3 Å². The predicted octanol–water partition coefficient (Wildman–Crippen LogP) is -0.570. The third-order valence-electron chi connectivity index (χ3n) is 1.13. The number of carbonyl (C=O) groups is 1. The normalized spacial score (nSPS) is 10.2. The van der Waals surface area contributed by atoms with Crippen LogP contribution in [0.15, 0.2) is 6.20 Å². The third-order valence-corrected chi connectivity index (χ3v) is 1.13. The molecule has 0 aromatic carbocycles. The van der Waals surface area contributed by atoms with Gasteiger partial charge in [-0.3, -0.25) is 4.79 Å². The molecule has 0 aliphatic heterocycles. The van der Waals surface area contributed by atoms with Crippen LogP contribution in [0.2, 0.25) is 0 Å². The van der Waals surface area contributed by atoms with Gasteiger partial charge in [-0.15, -0.1) is 10.3 Å². The fraction of sp³-hybridized carbons (Fsp3) is 0. The number of hydrogen-bond donors (Lipinski definition) is 2. The van der Waals surface area contributed by atoms with E-state index in [1.54, 1.807) is 0 Å². The molecule has 68 valence electrons. The van der Waals surface area contributed by atoms with Crippen molar-refractivity contribution in [2.45, 2.75) is 0 Å². The zero-order valence-electron chi connectivity index (χ0n) is 6.30. The smallest absolute Gasteiger partial charge is 0.358 e. The summed E-state index contributed by atoms with van der Waals surface area (Å²) < 4.78 is 0. The quantitative estimate of drug-likeness (QED) is 0.368. The fourth-order valence-corrected chi connectivity index (χ4v) is 0.646. The van der Waals surface area contributed by atoms with Gasteiger partial charge in [0.15, 0.2) is 5.69 Å². The number of amides is 1. The number of nitro groups is 1. The maximum Gasteiger partial charge on any atom is 0.417 e. The van der Waals surface area contributed by atoms with Gasteiger partial charge in [-0.25, -0.2) is 0 Å². The second-order valence-corrected chi connectivity index (χ2v) is 1.91. The summed E-state index contributed by atoms with van der Waals surface area (Å²) in [4.78, 5) is 19.4. The molecule has 0 spiro atoms. The lowest BCUT2D eigenvalue weighted by molar-refractivity contribution is -0.389. The highest BCUT2D eigenvalue weighted by atomic mass is 16.6. The van der Waals surface area contributed by atoms with Crippen molar-refractivity contribution in [3.8, 4) is 0 Å². The van der Waals surface area contributed by atoms with E-state index < -0.39 is 4.92 Å². The molecular formula is C5H5N5O3. The maximum atomic E-state index is 10.3. The molecule has 0 saturated heterocycles. The molecule has 0 aliphatic carbocycles. The van der Waals surface area contributed by atoms with Gasteiger partial charge in [0.1, 0.15) is 0 Å². The maximum absolute atomic E-state index is 10.3. The van der Waals surface area contributed by atoms with Gasteiger partial charge in [0.25, 0.3) is 0 Å². The van der Waals surface area contributed by atoms with Crippen LogP contribution in [0, 0.1) is 10.1 Å². The molecule has 0 aliphatic rings. The molecule has 2 N–H and O–H groups in total. The molecule has 0 fully saturated rings. The van der Waals surface area contributed by atoms with Crippen LogP contribution in [-0.4, -0.2) is 26.7 Å². The highest BCUT2D eigenvalue weighted by Crippen LogP contribution is 2.11. The van der Waals surface area contributed by atoms with E-state index in [0.717, 1.165) is 0 Å². The third kappa shape index (κ3) is 2.09. The first-order valence-electron chi connectivity index (χ1n) is 3.17. The zero-order valence-corrected chi connectivity index (χ0v) is 6.30. The van der Waals surface area contributed by atoms with Gasteiger partial charge in [0, 0.05) is 6.20 Å². The Hall–Kier alpha value is -2.25. The lowest BCUT2D eigenvalue weighted by Gasteiger charge is -1.86. The Kier molecular flexibility index (Phi) is 2.69. The zero-order chi connectivity index (χ0) is 9.68. The van der Waals surface area contributed by atoms with E-state index in [-0.39, 0.29) is 11.5 Å². The Morgan fingerprint density at radius 2 is 2.31 bits per heavy atom. The summed E-state index contributed by atoms with van der Waals surface area (Å²) in [7, 11) is 0. The summed E-state index contributed by atoms with van der Waals surface area (Å²) in [5.74, 6) is -0.385. The van der Waals surface area contributed by atoms with Crippen LogP contribution in [0.1, 0.15) is 5.69 Å². The molecule has 0 atom stereocenters. The van der Waals surface area contributed by atoms with Gasteiger partial charge in [0.2, 0.25) is 6.41 Å². The Morgan fingerprint density at radius 1 is 1.54 bits per heavy atom. The van der Waals surface area contributed by atoms with E-state index in [1.165, 1.54) is 12.3 Å². The molecule has 0 radical (unpaired) electrons. The summed E-state index contributed by atoms with van der Waals surface area (Å²) in [6.45, 7) is 0. The Labute approximate surface area is 71.8 Å². The van der Waals surface area contributed by atoms with Crippen molar-refractivity contribution in [2.24, 2.45) is 0 Å². The molecule has 8 heteroatoms. The molecule has 1 rings (SSSR count). The molecule has 1 heterocycles. The lowest BCUT2D eigenvalue weighted by atomic mass is 10.4. The van der Waals surface area contributed by atoms with E-state index in [1.807, 2.05) is 0 Å². The summed E-state index contributed by atoms with van der Waals surface area (Å²) in [6.07, 6.45) is 2.91. The average molecular weight is 183 g/mol. The number of H-pyrrole nitrogens is 1. The number of aromatic amines is 1. The molecular weight excluding hydrogens is 178 g/mol. The molecule has 1 amide bonds. The number of aromatic nitrogens is 3. The molecule has 1 aromatic rings. The minimum absolute atomic E-state index is 0.0550. The van der Waals surface area contributed by atoms with Gasteiger partial charge in [-0.1, -0.05) is 0 Å². The van der Waals surface area contributed by atoms with Crippen molar-refractivity contribution in [1.29, 1.82) is 0 Å². The highest BCUT2D eigenvalue weighted by molar-refractivity contribution is 5.56. The molecule has 0 bridgehead atoms. The molecule has 0 saturated carbocycles. The Morgan fingerprint density at radius 3 is 2.92 bits per heavy atom. The molecule has 13 heavy (non-hydrogen) atoms. The van der Waals surface area contributed by atoms with Crippen molar-refractivity contribution in [3.05, 3.63) is 22.0 Å². The first-order valence-corrected chi connectivity index (χ1v) is 3.17. The van der Waals surface area contributed by atoms with Crippen molar-refractivity contribution in [2.75, 3.05) is 0 Å². The van der Waals surface area contributed by atoms with Gasteiger partial charge in [0.05, 0.1) is 5.10 Å². The average Bonchev–Trinajstić information content (AvgIpc) is 2.53. The standard InChI is InChI=1S/C5H5N5O3/c11-3-6-2-1-4-5(10(12)13)8-9-7-4/h1-3H,(H,6,11)(H,7,8,9)/b2-1+. The summed E-state index contributed by atoms with van der Waals surface area (Å²) in [5.41, 5.74) is 0.0550. The topological polar surface area (TPSA) is 114 Å². The van der Waals surface area contributed by atoms with E-state index in [2.05, 4.69) is 20.7 Å². The summed E-state index contributed by atoms with van der Waals surface area (Å²) in [6, 6.07) is 0. The SMILES string of the molecule is O=CN/C=C/c1n[nH]nc1[N+](=O)[O-]. The number of rotatable bonds is 4. The van der Waals surface area contributed by atoms with Crippen molar-refractivity contribution in [3.63, 3.8) is 0 Å². The van der Waals surface area contributed by atoms with Crippen LogP contribution in [0.5, 0.6) is 0 Å². The summed E-state index contributed by atoms with van der Waals surface area (Å²) >= 11 is 0. The van der Waals surface area contributed by atoms with Gasteiger partial charge in [-0.2, -0.15) is 0 Å². The highest BCUT2D eigenvalue weighted by Gasteiger charge is 2.15. The van der Waals surface area contributed by atoms with Gasteiger partial charge in [-0.05, 0) is 11.0 Å². The number of nitrogens with one attached hydrogen (secondary N) is 2. The van der Waals surface area contributed by atoms with Crippen LogP contribution >= 0.6 is 0 Å². The fourth-order valence-electron chi connectivity index (χ4n) is 0.646. The van der Waals surface area contributed by atoms with Gasteiger partial charge < -0.3 is 15.4 Å². The molecule has 0 unspecified atom stereocenters. The van der Waals surface area contributed by atoms with E-state index in [9.17, 15) is 14.9 Å². The molecule has 1 aromatic heterocycles. The monoisotopic (exact) mass is 183 g/mol. The minimum Gasteiger partial charge on any atom is -0.358 e. The number of carbonyl (C=O) groups excluding carboxylic acids is 1. The van der Waals surface area contributed by atoms with E-state index in [0.29, 0.717) is 6.41 Å². The van der Waals surface area contributed by atoms with Gasteiger partial charge >= 0.3 is 5.82 Å². The van der Waals surface area contributed by atoms with Crippen LogP contribution in [0.3, 0.4) is 0 Å². The van der Waals surface area contributed by atoms with Crippen LogP contribution in [-0.2, 0) is 4.79 Å². The largest absolute Gasteiger partial charge is 0.417 e. The first kappa shape index (κ1) is 8.84. The number of hydrogen-bond acceptors (Lipinski definition) is 5. The van der Waals surface area contributed by atoms with Crippen LogP contribution in [0.25, 0.3) is 6.08 Å². The Bertz CT molecular complexity index is 344. The van der Waals surface area contributed by atoms with E-state index >= 15 is 0 Å². The number of nitrogens with zero attached hydrogens (tertiary/aromatic N) is 3. The first-order chi connectivity index (χ1) is 6.25. The Balaban J connectivity index is 2.82. The van der Waals surface area contributed by atoms with Crippen LogP contribution in [0.4, 0.5) is 5.82 Å². The van der Waals surface area contributed by atoms with Crippen LogP contribution < -0.4 is 5.32 Å². The minimum atomic E-state index is -0.677. The second kappa shape index (κ2) is 3.95. The predicted molar refractivity (Wildman–Crippen MR) is 41.3 cm³/mol. The van der Waals surface area contributed by atoms with E-state index in [4.69, 9.17) is 0 Å². The van der Waals surface area contributed by atoms with Crippen molar-refractivity contribution in [1.82, 2.24) is 20.7 Å². The van der Waals surface area contributed by atoms with Crippen molar-refractivity contribution < 1.29 is 9.72 Å². The second-order valence-electron chi connectivity index (χ2n) is 1.91. The lowest BCUT2D eigenvalue weighted by Crippen LogP contribution is -1.98. The molecule has 8 nitrogen and oxygen atoms in total. The summed E-state index contributed by atoms with van der Waals surface area (Å²) in [5, 5.41) is 21.3.